The average Bonchev–Trinajstić information content (AvgIpc) is 2.72. The molecule has 2 aromatic rings. The minimum atomic E-state index is -0.363. The Morgan fingerprint density at radius 1 is 1.19 bits per heavy atom. The van der Waals surface area contributed by atoms with E-state index in [1.807, 2.05) is 18.2 Å². The van der Waals surface area contributed by atoms with E-state index in [1.165, 1.54) is 24.2 Å². The molecular weight excluding hydrogens is 330 g/mol. The predicted molar refractivity (Wildman–Crippen MR) is 97.5 cm³/mol. The monoisotopic (exact) mass is 353 g/mol. The SMILES string of the molecule is CNC(=O)[C@@H]1CN(C(=O)c2cnccn2)CCN1CCc1ccccc1. The van der Waals surface area contributed by atoms with Crippen LogP contribution in [0.3, 0.4) is 0 Å². The Morgan fingerprint density at radius 2 is 2.00 bits per heavy atom. The van der Waals surface area contributed by atoms with Gasteiger partial charge in [-0.2, -0.15) is 0 Å². The maximum atomic E-state index is 12.6. The smallest absolute Gasteiger partial charge is 0.274 e. The molecule has 7 nitrogen and oxygen atoms in total. The molecule has 1 fully saturated rings. The maximum absolute atomic E-state index is 12.6. The zero-order valence-corrected chi connectivity index (χ0v) is 14.8. The topological polar surface area (TPSA) is 78.4 Å². The summed E-state index contributed by atoms with van der Waals surface area (Å²) in [6, 6.07) is 9.84. The lowest BCUT2D eigenvalue weighted by Crippen LogP contribution is -2.60. The minimum Gasteiger partial charge on any atom is -0.358 e. The summed E-state index contributed by atoms with van der Waals surface area (Å²) in [5.41, 5.74) is 1.54. The van der Waals surface area contributed by atoms with Crippen molar-refractivity contribution in [2.24, 2.45) is 0 Å². The molecule has 136 valence electrons. The van der Waals surface area contributed by atoms with Gasteiger partial charge in [-0.05, 0) is 12.0 Å². The van der Waals surface area contributed by atoms with E-state index in [4.69, 9.17) is 0 Å². The zero-order chi connectivity index (χ0) is 18.4. The molecule has 0 bridgehead atoms. The van der Waals surface area contributed by atoms with Crippen LogP contribution in [0.2, 0.25) is 0 Å². The summed E-state index contributed by atoms with van der Waals surface area (Å²) >= 11 is 0. The zero-order valence-electron chi connectivity index (χ0n) is 14.8. The van der Waals surface area contributed by atoms with E-state index in [0.717, 1.165) is 13.0 Å². The summed E-state index contributed by atoms with van der Waals surface area (Å²) in [4.78, 5) is 36.8. The molecular formula is C19H23N5O2. The Morgan fingerprint density at radius 3 is 2.69 bits per heavy atom. The van der Waals surface area contributed by atoms with Crippen LogP contribution in [0.1, 0.15) is 16.1 Å². The lowest BCUT2D eigenvalue weighted by Gasteiger charge is -2.40. The van der Waals surface area contributed by atoms with Gasteiger partial charge in [0.05, 0.1) is 6.20 Å². The molecule has 3 rings (SSSR count). The van der Waals surface area contributed by atoms with Crippen molar-refractivity contribution in [2.45, 2.75) is 12.5 Å². The molecule has 1 atom stereocenters. The molecule has 2 amide bonds. The third-order valence-electron chi connectivity index (χ3n) is 4.64. The highest BCUT2D eigenvalue weighted by atomic mass is 16.2. The summed E-state index contributed by atoms with van der Waals surface area (Å²) in [6.07, 6.45) is 5.36. The van der Waals surface area contributed by atoms with E-state index >= 15 is 0 Å². The normalized spacial score (nSPS) is 17.7. The number of aromatic nitrogens is 2. The molecule has 1 aromatic carbocycles. The fraction of sp³-hybridized carbons (Fsp3) is 0.368. The summed E-state index contributed by atoms with van der Waals surface area (Å²) in [6.45, 7) is 2.34. The number of rotatable bonds is 5. The van der Waals surface area contributed by atoms with E-state index in [0.29, 0.717) is 25.3 Å². The van der Waals surface area contributed by atoms with Crippen molar-refractivity contribution in [2.75, 3.05) is 33.2 Å². The van der Waals surface area contributed by atoms with Gasteiger partial charge in [-0.25, -0.2) is 4.98 Å². The standard InChI is InChI=1S/C19H23N5O2/c1-20-18(25)17-14-24(19(26)16-13-21-8-9-22-16)12-11-23(17)10-7-15-5-3-2-4-6-15/h2-6,8-9,13,17H,7,10-12,14H2,1H3,(H,20,25)/t17-/m0/s1. The van der Waals surface area contributed by atoms with E-state index in [9.17, 15) is 9.59 Å². The van der Waals surface area contributed by atoms with Gasteiger partial charge in [-0.3, -0.25) is 19.5 Å². The second-order valence-corrected chi connectivity index (χ2v) is 6.24. The first-order valence-corrected chi connectivity index (χ1v) is 8.74. The van der Waals surface area contributed by atoms with Crippen LogP contribution < -0.4 is 5.32 Å². The number of hydrogen-bond donors (Lipinski definition) is 1. The molecule has 26 heavy (non-hydrogen) atoms. The lowest BCUT2D eigenvalue weighted by atomic mass is 10.1. The molecule has 0 saturated carbocycles. The summed E-state index contributed by atoms with van der Waals surface area (Å²) < 4.78 is 0. The highest BCUT2D eigenvalue weighted by Crippen LogP contribution is 2.14. The van der Waals surface area contributed by atoms with Crippen molar-refractivity contribution in [3.8, 4) is 0 Å². The highest BCUT2D eigenvalue weighted by molar-refractivity contribution is 5.93. The molecule has 1 aliphatic rings. The third kappa shape index (κ3) is 4.23. The average molecular weight is 353 g/mol. The largest absolute Gasteiger partial charge is 0.358 e. The van der Waals surface area contributed by atoms with Crippen LogP contribution in [0.4, 0.5) is 0 Å². The second-order valence-electron chi connectivity index (χ2n) is 6.24. The van der Waals surface area contributed by atoms with Crippen LogP contribution in [0.25, 0.3) is 0 Å². The van der Waals surface area contributed by atoms with E-state index in [1.54, 1.807) is 11.9 Å². The Kier molecular flexibility index (Phi) is 5.91. The molecule has 0 radical (unpaired) electrons. The van der Waals surface area contributed by atoms with Crippen LogP contribution in [-0.2, 0) is 11.2 Å². The van der Waals surface area contributed by atoms with Gasteiger partial charge in [0, 0.05) is 45.6 Å². The number of nitrogens with zero attached hydrogens (tertiary/aromatic N) is 4. The number of hydrogen-bond acceptors (Lipinski definition) is 5. The Hall–Kier alpha value is -2.80. The van der Waals surface area contributed by atoms with Gasteiger partial charge in [0.25, 0.3) is 5.91 Å². The molecule has 0 aliphatic carbocycles. The van der Waals surface area contributed by atoms with Crippen LogP contribution in [0, 0.1) is 0 Å². The van der Waals surface area contributed by atoms with E-state index < -0.39 is 0 Å². The number of benzene rings is 1. The quantitative estimate of drug-likeness (QED) is 0.851. The first kappa shape index (κ1) is 18.0. The van der Waals surface area contributed by atoms with Gasteiger partial charge in [-0.15, -0.1) is 0 Å². The third-order valence-corrected chi connectivity index (χ3v) is 4.64. The second kappa shape index (κ2) is 8.53. The van der Waals surface area contributed by atoms with Crippen molar-refractivity contribution in [1.29, 1.82) is 0 Å². The van der Waals surface area contributed by atoms with E-state index in [-0.39, 0.29) is 17.9 Å². The van der Waals surface area contributed by atoms with Crippen LogP contribution in [0.15, 0.2) is 48.9 Å². The van der Waals surface area contributed by atoms with E-state index in [2.05, 4.69) is 32.3 Å². The Labute approximate surface area is 153 Å². The molecule has 0 spiro atoms. The van der Waals surface area contributed by atoms with Crippen molar-refractivity contribution in [3.63, 3.8) is 0 Å². The fourth-order valence-electron chi connectivity index (χ4n) is 3.18. The number of likely N-dealkylation sites (N-methyl/N-ethyl adjacent to an activating group) is 1. The van der Waals surface area contributed by atoms with Crippen molar-refractivity contribution < 1.29 is 9.59 Å². The summed E-state index contributed by atoms with van der Waals surface area (Å²) in [7, 11) is 1.63. The first-order chi connectivity index (χ1) is 12.7. The number of piperazine rings is 1. The lowest BCUT2D eigenvalue weighted by molar-refractivity contribution is -0.127. The molecule has 0 unspecified atom stereocenters. The summed E-state index contributed by atoms with van der Waals surface area (Å²) in [5, 5.41) is 2.72. The van der Waals surface area contributed by atoms with Gasteiger partial charge in [0.2, 0.25) is 5.91 Å². The van der Waals surface area contributed by atoms with Gasteiger partial charge in [-0.1, -0.05) is 30.3 Å². The number of amides is 2. The van der Waals surface area contributed by atoms with Crippen LogP contribution >= 0.6 is 0 Å². The molecule has 1 aromatic heterocycles. The fourth-order valence-corrected chi connectivity index (χ4v) is 3.18. The maximum Gasteiger partial charge on any atom is 0.274 e. The van der Waals surface area contributed by atoms with Crippen molar-refractivity contribution in [1.82, 2.24) is 25.1 Å². The van der Waals surface area contributed by atoms with Gasteiger partial charge in [0.1, 0.15) is 11.7 Å². The molecule has 2 heterocycles. The van der Waals surface area contributed by atoms with Gasteiger partial charge in [0.15, 0.2) is 0 Å². The van der Waals surface area contributed by atoms with Gasteiger partial charge >= 0.3 is 0 Å². The Balaban J connectivity index is 1.67. The first-order valence-electron chi connectivity index (χ1n) is 8.74. The molecule has 1 N–H and O–H groups in total. The van der Waals surface area contributed by atoms with Crippen molar-refractivity contribution >= 4 is 11.8 Å². The predicted octanol–water partition coefficient (Wildman–Crippen LogP) is 0.592. The minimum absolute atomic E-state index is 0.0743. The number of carbonyl (C=O) groups is 2. The summed E-state index contributed by atoms with van der Waals surface area (Å²) in [5.74, 6) is -0.260. The molecule has 1 aliphatic heterocycles. The Bertz CT molecular complexity index is 738. The van der Waals surface area contributed by atoms with Crippen molar-refractivity contribution in [3.05, 3.63) is 60.2 Å². The molecule has 1 saturated heterocycles. The highest BCUT2D eigenvalue weighted by Gasteiger charge is 2.34. The van der Waals surface area contributed by atoms with Crippen LogP contribution in [0.5, 0.6) is 0 Å². The number of carbonyl (C=O) groups excluding carboxylic acids is 2. The van der Waals surface area contributed by atoms with Gasteiger partial charge < -0.3 is 10.2 Å². The van der Waals surface area contributed by atoms with Crippen LogP contribution in [-0.4, -0.2) is 70.9 Å². The molecule has 7 heteroatoms. The number of nitrogens with one attached hydrogen (secondary N) is 1.